The summed E-state index contributed by atoms with van der Waals surface area (Å²) in [4.78, 5) is 25.3. The quantitative estimate of drug-likeness (QED) is 0.593. The van der Waals surface area contributed by atoms with Gasteiger partial charge in [0.15, 0.2) is 0 Å². The predicted molar refractivity (Wildman–Crippen MR) is 100 cm³/mol. The van der Waals surface area contributed by atoms with Gasteiger partial charge in [0.25, 0.3) is 0 Å². The van der Waals surface area contributed by atoms with Crippen molar-refractivity contribution in [1.82, 2.24) is 0 Å². The van der Waals surface area contributed by atoms with E-state index in [0.717, 1.165) is 31.2 Å². The van der Waals surface area contributed by atoms with Gasteiger partial charge < -0.3 is 9.69 Å². The first-order valence-corrected chi connectivity index (χ1v) is 8.93. The molecule has 1 heterocycles. The summed E-state index contributed by atoms with van der Waals surface area (Å²) in [5.41, 5.74) is 7.48. The first-order chi connectivity index (χ1) is 12.3. The smallest absolute Gasteiger partial charge is 0.227 e. The molecular formula is C22H21NO2. The second-order valence-corrected chi connectivity index (χ2v) is 6.70. The van der Waals surface area contributed by atoms with Crippen molar-refractivity contribution in [3.05, 3.63) is 65.2 Å². The lowest BCUT2D eigenvalue weighted by Gasteiger charge is -2.27. The number of unbranched alkanes of at least 4 members (excludes halogenated alkanes) is 2. The molecule has 0 saturated heterocycles. The van der Waals surface area contributed by atoms with Crippen LogP contribution in [-0.2, 0) is 16.1 Å². The van der Waals surface area contributed by atoms with Crippen LogP contribution in [0.2, 0.25) is 0 Å². The first-order valence-electron chi connectivity index (χ1n) is 8.93. The summed E-state index contributed by atoms with van der Waals surface area (Å²) in [7, 11) is 0. The van der Waals surface area contributed by atoms with Crippen molar-refractivity contribution in [3.8, 4) is 0 Å². The molecule has 1 aliphatic heterocycles. The maximum atomic E-state index is 12.9. The first kappa shape index (κ1) is 15.8. The molecule has 4 rings (SSSR count). The zero-order valence-electron chi connectivity index (χ0n) is 14.2. The van der Waals surface area contributed by atoms with E-state index in [1.807, 2.05) is 23.1 Å². The Morgan fingerprint density at radius 3 is 2.52 bits per heavy atom. The van der Waals surface area contributed by atoms with Crippen LogP contribution in [0.3, 0.4) is 0 Å². The number of carbonyl (C=O) groups excluding carboxylic acids is 2. The maximum Gasteiger partial charge on any atom is 0.227 e. The molecule has 0 spiro atoms. The highest BCUT2D eigenvalue weighted by Crippen LogP contribution is 2.52. The molecule has 3 nitrogen and oxygen atoms in total. The largest absolute Gasteiger partial charge is 0.307 e. The van der Waals surface area contributed by atoms with Gasteiger partial charge in [0.05, 0.1) is 12.2 Å². The van der Waals surface area contributed by atoms with Crippen LogP contribution in [0, 0.1) is 0 Å². The predicted octanol–water partition coefficient (Wildman–Crippen LogP) is 4.61. The molecule has 3 heteroatoms. The third-order valence-electron chi connectivity index (χ3n) is 5.05. The van der Waals surface area contributed by atoms with Crippen molar-refractivity contribution in [2.24, 2.45) is 0 Å². The van der Waals surface area contributed by atoms with Gasteiger partial charge in [0.1, 0.15) is 6.29 Å². The van der Waals surface area contributed by atoms with Gasteiger partial charge in [-0.3, -0.25) is 4.79 Å². The lowest BCUT2D eigenvalue weighted by Crippen LogP contribution is -2.31. The molecule has 0 N–H and O–H groups in total. The summed E-state index contributed by atoms with van der Waals surface area (Å²) < 4.78 is 0. The van der Waals surface area contributed by atoms with Gasteiger partial charge in [-0.05, 0) is 47.6 Å². The third-order valence-corrected chi connectivity index (χ3v) is 5.05. The van der Waals surface area contributed by atoms with E-state index in [4.69, 9.17) is 0 Å². The van der Waals surface area contributed by atoms with Crippen LogP contribution in [0.1, 0.15) is 48.8 Å². The fourth-order valence-corrected chi connectivity index (χ4v) is 3.68. The van der Waals surface area contributed by atoms with Crippen molar-refractivity contribution in [1.29, 1.82) is 0 Å². The number of para-hydroxylation sites is 1. The molecule has 0 bridgehead atoms. The molecule has 126 valence electrons. The number of aldehydes is 1. The number of hydrogen-bond donors (Lipinski definition) is 0. The molecule has 2 aromatic rings. The molecule has 0 saturated carbocycles. The molecule has 0 fully saturated rings. The number of hydrogen-bond acceptors (Lipinski definition) is 2. The number of allylic oxidation sites excluding steroid dienone is 2. The van der Waals surface area contributed by atoms with Crippen LogP contribution in [0.25, 0.3) is 11.1 Å². The molecule has 2 aromatic carbocycles. The van der Waals surface area contributed by atoms with Crippen molar-refractivity contribution in [3.63, 3.8) is 0 Å². The Hall–Kier alpha value is -2.68. The SMILES string of the molecule is O=CCCCCC(=O)N1Cc2ccccc2C2=C(C2)c2ccccc21. The maximum absolute atomic E-state index is 12.9. The molecule has 1 aliphatic carbocycles. The lowest BCUT2D eigenvalue weighted by molar-refractivity contribution is -0.119. The highest BCUT2D eigenvalue weighted by atomic mass is 16.2. The zero-order chi connectivity index (χ0) is 17.2. The fraction of sp³-hybridized carbons (Fsp3) is 0.273. The summed E-state index contributed by atoms with van der Waals surface area (Å²) in [5.74, 6) is 0.137. The van der Waals surface area contributed by atoms with Crippen LogP contribution in [0.15, 0.2) is 48.5 Å². The third kappa shape index (κ3) is 3.02. The van der Waals surface area contributed by atoms with E-state index in [-0.39, 0.29) is 5.91 Å². The average molecular weight is 331 g/mol. The minimum atomic E-state index is 0.137. The molecule has 0 aromatic heterocycles. The molecule has 0 atom stereocenters. The minimum absolute atomic E-state index is 0.137. The second-order valence-electron chi connectivity index (χ2n) is 6.70. The van der Waals surface area contributed by atoms with E-state index in [2.05, 4.69) is 30.3 Å². The van der Waals surface area contributed by atoms with E-state index >= 15 is 0 Å². The van der Waals surface area contributed by atoms with Crippen LogP contribution in [0.5, 0.6) is 0 Å². The van der Waals surface area contributed by atoms with Crippen LogP contribution < -0.4 is 4.90 Å². The van der Waals surface area contributed by atoms with E-state index in [1.54, 1.807) is 0 Å². The van der Waals surface area contributed by atoms with Gasteiger partial charge in [0.2, 0.25) is 5.91 Å². The highest BCUT2D eigenvalue weighted by Gasteiger charge is 2.32. The highest BCUT2D eigenvalue weighted by molar-refractivity contribution is 6.12. The number of anilines is 1. The summed E-state index contributed by atoms with van der Waals surface area (Å²) in [6.45, 7) is 0.608. The average Bonchev–Trinajstić information content (AvgIpc) is 3.42. The second kappa shape index (κ2) is 6.67. The number of rotatable bonds is 5. The number of nitrogens with zero attached hydrogens (tertiary/aromatic N) is 1. The molecule has 25 heavy (non-hydrogen) atoms. The molecule has 2 aliphatic rings. The Morgan fingerprint density at radius 2 is 1.68 bits per heavy atom. The van der Waals surface area contributed by atoms with Gasteiger partial charge in [0, 0.05) is 18.4 Å². The Bertz CT molecular complexity index is 866. The molecular weight excluding hydrogens is 310 g/mol. The van der Waals surface area contributed by atoms with E-state index < -0.39 is 0 Å². The van der Waals surface area contributed by atoms with Gasteiger partial charge >= 0.3 is 0 Å². The Morgan fingerprint density at radius 1 is 0.960 bits per heavy atom. The Kier molecular flexibility index (Phi) is 4.22. The van der Waals surface area contributed by atoms with Crippen molar-refractivity contribution in [2.45, 2.75) is 38.6 Å². The number of fused-ring (bicyclic) bond motifs is 4. The van der Waals surface area contributed by atoms with Gasteiger partial charge in [-0.2, -0.15) is 0 Å². The molecule has 0 unspecified atom stereocenters. The number of benzene rings is 2. The lowest BCUT2D eigenvalue weighted by atomic mass is 10.0. The van der Waals surface area contributed by atoms with Crippen molar-refractivity contribution < 1.29 is 9.59 Å². The van der Waals surface area contributed by atoms with Gasteiger partial charge in [-0.25, -0.2) is 0 Å². The fourth-order valence-electron chi connectivity index (χ4n) is 3.68. The van der Waals surface area contributed by atoms with Crippen LogP contribution >= 0.6 is 0 Å². The Labute approximate surface area is 148 Å². The molecule has 0 radical (unpaired) electrons. The molecule has 1 amide bonds. The normalized spacial score (nSPS) is 14.8. The Balaban J connectivity index is 1.70. The van der Waals surface area contributed by atoms with Gasteiger partial charge in [-0.15, -0.1) is 0 Å². The van der Waals surface area contributed by atoms with Crippen molar-refractivity contribution in [2.75, 3.05) is 4.90 Å². The van der Waals surface area contributed by atoms with E-state index in [0.29, 0.717) is 19.4 Å². The number of carbonyl (C=O) groups is 2. The standard InChI is InChI=1S/C22H21NO2/c24-13-7-1-2-12-22(25)23-15-16-8-3-4-9-17(16)19-14-20(19)18-10-5-6-11-21(18)23/h3-6,8-11,13H,1-2,7,12,14-15H2. The topological polar surface area (TPSA) is 37.4 Å². The summed E-state index contributed by atoms with van der Waals surface area (Å²) in [6, 6.07) is 16.6. The minimum Gasteiger partial charge on any atom is -0.307 e. The van der Waals surface area contributed by atoms with Crippen LogP contribution in [0.4, 0.5) is 5.69 Å². The van der Waals surface area contributed by atoms with E-state index in [9.17, 15) is 9.59 Å². The van der Waals surface area contributed by atoms with E-state index in [1.165, 1.54) is 27.8 Å². The zero-order valence-corrected chi connectivity index (χ0v) is 14.2. The summed E-state index contributed by atoms with van der Waals surface area (Å²) >= 11 is 0. The monoisotopic (exact) mass is 331 g/mol. The number of amides is 1. The van der Waals surface area contributed by atoms with Crippen LogP contribution in [-0.4, -0.2) is 12.2 Å². The van der Waals surface area contributed by atoms with Crippen molar-refractivity contribution >= 4 is 29.0 Å². The summed E-state index contributed by atoms with van der Waals surface area (Å²) in [6.07, 6.45) is 4.48. The summed E-state index contributed by atoms with van der Waals surface area (Å²) in [5, 5.41) is 0. The van der Waals surface area contributed by atoms with Gasteiger partial charge in [-0.1, -0.05) is 42.5 Å².